The Hall–Kier alpha value is -3.46. The number of carbonyl (C=O) groups is 1. The molecule has 4 rings (SSSR count). The number of hydrogen-bond acceptors (Lipinski definition) is 5. The van der Waals surface area contributed by atoms with Gasteiger partial charge < -0.3 is 4.90 Å². The van der Waals surface area contributed by atoms with Gasteiger partial charge in [0, 0.05) is 33.6 Å². The molecule has 3 heterocycles. The van der Waals surface area contributed by atoms with Crippen LogP contribution in [0.5, 0.6) is 0 Å². The Morgan fingerprint density at radius 2 is 1.79 bits per heavy atom. The van der Waals surface area contributed by atoms with E-state index in [2.05, 4.69) is 15.1 Å². The molecule has 0 aliphatic rings. The molecule has 0 N–H and O–H groups in total. The van der Waals surface area contributed by atoms with Gasteiger partial charge >= 0.3 is 0 Å². The van der Waals surface area contributed by atoms with Gasteiger partial charge in [0.15, 0.2) is 0 Å². The number of rotatable bonds is 6. The molecule has 6 nitrogen and oxygen atoms in total. The van der Waals surface area contributed by atoms with Crippen molar-refractivity contribution in [3.63, 3.8) is 0 Å². The van der Waals surface area contributed by atoms with Crippen molar-refractivity contribution in [2.45, 2.75) is 40.7 Å². The van der Waals surface area contributed by atoms with Crippen molar-refractivity contribution in [2.24, 2.45) is 0 Å². The van der Waals surface area contributed by atoms with Crippen LogP contribution in [0.1, 0.15) is 33.2 Å². The van der Waals surface area contributed by atoms with E-state index in [9.17, 15) is 13.6 Å². The van der Waals surface area contributed by atoms with E-state index in [1.54, 1.807) is 4.68 Å². The highest BCUT2D eigenvalue weighted by Gasteiger charge is 2.24. The van der Waals surface area contributed by atoms with Gasteiger partial charge in [0.05, 0.1) is 24.3 Å². The number of thiophene rings is 1. The largest absolute Gasteiger partial charge is 0.304 e. The van der Waals surface area contributed by atoms with Crippen LogP contribution < -0.4 is 4.90 Å². The SMILES string of the molecule is Cc1cc(C)nc(-n2nc(C)c(CC(=O)N(Cc3cccs3)c3ccc(F)cc3F)c2C)n1. The lowest BCUT2D eigenvalue weighted by Gasteiger charge is -2.23. The molecule has 1 aromatic carbocycles. The topological polar surface area (TPSA) is 63.9 Å². The number of anilines is 1. The molecule has 0 aliphatic heterocycles. The van der Waals surface area contributed by atoms with E-state index < -0.39 is 11.6 Å². The lowest BCUT2D eigenvalue weighted by molar-refractivity contribution is -0.118. The van der Waals surface area contributed by atoms with E-state index >= 15 is 0 Å². The highest BCUT2D eigenvalue weighted by atomic mass is 32.1. The van der Waals surface area contributed by atoms with E-state index in [-0.39, 0.29) is 24.6 Å². The monoisotopic (exact) mass is 467 g/mol. The van der Waals surface area contributed by atoms with Crippen LogP contribution in [-0.2, 0) is 17.8 Å². The van der Waals surface area contributed by atoms with E-state index in [4.69, 9.17) is 0 Å². The number of aromatic nitrogens is 4. The number of carbonyl (C=O) groups excluding carboxylic acids is 1. The predicted molar refractivity (Wildman–Crippen MR) is 124 cm³/mol. The highest BCUT2D eigenvalue weighted by Crippen LogP contribution is 2.26. The maximum absolute atomic E-state index is 14.6. The Morgan fingerprint density at radius 1 is 1.06 bits per heavy atom. The molecule has 1 amide bonds. The van der Waals surface area contributed by atoms with Gasteiger partial charge in [0.25, 0.3) is 5.95 Å². The van der Waals surface area contributed by atoms with Gasteiger partial charge in [-0.25, -0.2) is 23.4 Å². The van der Waals surface area contributed by atoms with Gasteiger partial charge in [-0.05, 0) is 57.3 Å². The molecule has 0 radical (unpaired) electrons. The summed E-state index contributed by atoms with van der Waals surface area (Å²) in [4.78, 5) is 24.6. The maximum Gasteiger partial charge on any atom is 0.251 e. The minimum absolute atomic E-state index is 0.00462. The van der Waals surface area contributed by atoms with Crippen LogP contribution in [-0.4, -0.2) is 25.7 Å². The number of hydrogen-bond donors (Lipinski definition) is 0. The second kappa shape index (κ2) is 9.19. The van der Waals surface area contributed by atoms with Gasteiger partial charge in [-0.2, -0.15) is 5.10 Å². The zero-order valence-electron chi connectivity index (χ0n) is 18.8. The van der Waals surface area contributed by atoms with Gasteiger partial charge in [0.1, 0.15) is 11.6 Å². The summed E-state index contributed by atoms with van der Waals surface area (Å²) >= 11 is 1.47. The van der Waals surface area contributed by atoms with Crippen molar-refractivity contribution in [2.75, 3.05) is 4.90 Å². The molecule has 0 fully saturated rings. The van der Waals surface area contributed by atoms with Crippen molar-refractivity contribution >= 4 is 22.9 Å². The first-order chi connectivity index (χ1) is 15.7. The van der Waals surface area contributed by atoms with E-state index in [1.165, 1.54) is 22.3 Å². The second-order valence-electron chi connectivity index (χ2n) is 7.84. The lowest BCUT2D eigenvalue weighted by Crippen LogP contribution is -2.32. The van der Waals surface area contributed by atoms with Crippen LogP contribution in [0, 0.1) is 39.3 Å². The van der Waals surface area contributed by atoms with Crippen molar-refractivity contribution in [1.29, 1.82) is 0 Å². The summed E-state index contributed by atoms with van der Waals surface area (Å²) in [5.41, 5.74) is 3.80. The smallest absolute Gasteiger partial charge is 0.251 e. The number of benzene rings is 1. The van der Waals surface area contributed by atoms with Crippen LogP contribution in [0.3, 0.4) is 0 Å². The fourth-order valence-electron chi connectivity index (χ4n) is 3.74. The molecule has 0 bridgehead atoms. The Kier molecular flexibility index (Phi) is 6.33. The predicted octanol–water partition coefficient (Wildman–Crippen LogP) is 5.01. The van der Waals surface area contributed by atoms with Crippen LogP contribution in [0.2, 0.25) is 0 Å². The van der Waals surface area contributed by atoms with Crippen LogP contribution in [0.4, 0.5) is 14.5 Å². The minimum Gasteiger partial charge on any atom is -0.304 e. The summed E-state index contributed by atoms with van der Waals surface area (Å²) in [6, 6.07) is 8.85. The molecule has 0 atom stereocenters. The molecule has 4 aromatic rings. The summed E-state index contributed by atoms with van der Waals surface area (Å²) in [5, 5.41) is 6.44. The van der Waals surface area contributed by atoms with Crippen LogP contribution in [0.15, 0.2) is 41.8 Å². The Labute approximate surface area is 194 Å². The molecular formula is C24H23F2N5OS. The Morgan fingerprint density at radius 3 is 2.42 bits per heavy atom. The van der Waals surface area contributed by atoms with Crippen molar-refractivity contribution in [3.8, 4) is 5.95 Å². The summed E-state index contributed by atoms with van der Waals surface area (Å²) < 4.78 is 29.7. The summed E-state index contributed by atoms with van der Waals surface area (Å²) in [7, 11) is 0. The van der Waals surface area contributed by atoms with Crippen molar-refractivity contribution < 1.29 is 13.6 Å². The fraction of sp³-hybridized carbons (Fsp3) is 0.250. The fourth-order valence-corrected chi connectivity index (χ4v) is 4.43. The third kappa shape index (κ3) is 4.83. The highest BCUT2D eigenvalue weighted by molar-refractivity contribution is 7.09. The first kappa shape index (κ1) is 22.7. The third-order valence-corrected chi connectivity index (χ3v) is 6.19. The Bertz CT molecular complexity index is 1300. The van der Waals surface area contributed by atoms with Crippen LogP contribution >= 0.6 is 11.3 Å². The molecule has 170 valence electrons. The minimum atomic E-state index is -0.785. The molecule has 3 aromatic heterocycles. The average molecular weight is 468 g/mol. The zero-order valence-corrected chi connectivity index (χ0v) is 19.6. The van der Waals surface area contributed by atoms with E-state index in [1.807, 2.05) is 51.3 Å². The molecule has 0 unspecified atom stereocenters. The first-order valence-corrected chi connectivity index (χ1v) is 11.3. The van der Waals surface area contributed by atoms with Gasteiger partial charge in [0.2, 0.25) is 5.91 Å². The van der Waals surface area contributed by atoms with Gasteiger partial charge in [-0.1, -0.05) is 6.07 Å². The van der Waals surface area contributed by atoms with Crippen molar-refractivity contribution in [3.05, 3.63) is 86.6 Å². The second-order valence-corrected chi connectivity index (χ2v) is 8.88. The van der Waals surface area contributed by atoms with Gasteiger partial charge in [-0.15, -0.1) is 11.3 Å². The molecule has 0 spiro atoms. The molecule has 33 heavy (non-hydrogen) atoms. The number of amides is 1. The quantitative estimate of drug-likeness (QED) is 0.400. The number of nitrogens with zero attached hydrogens (tertiary/aromatic N) is 5. The van der Waals surface area contributed by atoms with Crippen molar-refractivity contribution in [1.82, 2.24) is 19.7 Å². The molecule has 9 heteroatoms. The first-order valence-electron chi connectivity index (χ1n) is 10.4. The average Bonchev–Trinajstić information content (AvgIpc) is 3.35. The standard InChI is InChI=1S/C24H23F2N5OS/c1-14-10-15(2)28-24(27-14)31-17(4)20(16(3)29-31)12-23(32)30(13-19-6-5-9-33-19)22-8-7-18(25)11-21(22)26/h5-11H,12-13H2,1-4H3. The normalized spacial score (nSPS) is 11.1. The Balaban J connectivity index is 1.69. The molecule has 0 saturated heterocycles. The maximum atomic E-state index is 14.6. The van der Waals surface area contributed by atoms with Gasteiger partial charge in [-0.3, -0.25) is 4.79 Å². The molecular weight excluding hydrogens is 444 g/mol. The summed E-state index contributed by atoms with van der Waals surface area (Å²) in [5.74, 6) is -1.36. The molecule has 0 saturated carbocycles. The zero-order chi connectivity index (χ0) is 23.7. The van der Waals surface area contributed by atoms with E-state index in [0.29, 0.717) is 11.6 Å². The van der Waals surface area contributed by atoms with Crippen LogP contribution in [0.25, 0.3) is 5.95 Å². The molecule has 0 aliphatic carbocycles. The number of aryl methyl sites for hydroxylation is 3. The van der Waals surface area contributed by atoms with E-state index in [0.717, 1.165) is 39.7 Å². The summed E-state index contributed by atoms with van der Waals surface area (Å²) in [6.45, 7) is 7.62. The third-order valence-electron chi connectivity index (χ3n) is 5.32. The number of halogens is 2. The summed E-state index contributed by atoms with van der Waals surface area (Å²) in [6.07, 6.45) is 0.00462. The lowest BCUT2D eigenvalue weighted by atomic mass is 10.1.